The van der Waals surface area contributed by atoms with Crippen LogP contribution in [0.25, 0.3) is 0 Å². The molecule has 1 aliphatic heterocycles. The smallest absolute Gasteiger partial charge is 0.193 e. The van der Waals surface area contributed by atoms with Crippen LogP contribution < -0.4 is 5.32 Å². The minimum absolute atomic E-state index is 0. The van der Waals surface area contributed by atoms with E-state index < -0.39 is 0 Å². The van der Waals surface area contributed by atoms with Gasteiger partial charge >= 0.3 is 0 Å². The summed E-state index contributed by atoms with van der Waals surface area (Å²) >= 11 is 0. The number of rotatable bonds is 6. The number of aliphatic imine (C=N–C) groups is 1. The second-order valence-electron chi connectivity index (χ2n) is 6.70. The summed E-state index contributed by atoms with van der Waals surface area (Å²) in [7, 11) is 3.83. The van der Waals surface area contributed by atoms with Gasteiger partial charge in [-0.3, -0.25) is 4.99 Å². The van der Waals surface area contributed by atoms with E-state index in [4.69, 9.17) is 0 Å². The Morgan fingerprint density at radius 1 is 1.28 bits per heavy atom. The molecule has 0 amide bonds. The lowest BCUT2D eigenvalue weighted by atomic mass is 9.97. The molecule has 0 saturated carbocycles. The Labute approximate surface area is 168 Å². The fourth-order valence-corrected chi connectivity index (χ4v) is 3.29. The zero-order chi connectivity index (χ0) is 17.4. The van der Waals surface area contributed by atoms with Crippen LogP contribution >= 0.6 is 24.0 Å². The van der Waals surface area contributed by atoms with Gasteiger partial charge in [-0.25, -0.2) is 4.39 Å². The lowest BCUT2D eigenvalue weighted by Crippen LogP contribution is -2.43. The molecule has 25 heavy (non-hydrogen) atoms. The Hall–Kier alpha value is -0.890. The van der Waals surface area contributed by atoms with Crippen molar-refractivity contribution in [3.05, 3.63) is 35.6 Å². The van der Waals surface area contributed by atoms with Crippen molar-refractivity contribution in [1.29, 1.82) is 0 Å². The van der Waals surface area contributed by atoms with Gasteiger partial charge in [0.25, 0.3) is 0 Å². The molecule has 1 aliphatic rings. The summed E-state index contributed by atoms with van der Waals surface area (Å²) in [5, 5.41) is 3.50. The maximum Gasteiger partial charge on any atom is 0.193 e. The number of hydrogen-bond acceptors (Lipinski definition) is 2. The van der Waals surface area contributed by atoms with Crippen LogP contribution in [0, 0.1) is 11.7 Å². The Morgan fingerprint density at radius 3 is 2.48 bits per heavy atom. The normalized spacial score (nSPS) is 16.4. The summed E-state index contributed by atoms with van der Waals surface area (Å²) in [5.74, 6) is 1.42. The number of guanidine groups is 1. The topological polar surface area (TPSA) is 30.9 Å². The van der Waals surface area contributed by atoms with Gasteiger partial charge in [-0.2, -0.15) is 0 Å². The third-order valence-corrected chi connectivity index (χ3v) is 4.70. The van der Waals surface area contributed by atoms with Gasteiger partial charge in [-0.05, 0) is 62.5 Å². The van der Waals surface area contributed by atoms with Crippen molar-refractivity contribution in [2.75, 3.05) is 40.3 Å². The Bertz CT molecular complexity index is 513. The second-order valence-corrected chi connectivity index (χ2v) is 6.70. The highest BCUT2D eigenvalue weighted by Gasteiger charge is 2.19. The van der Waals surface area contributed by atoms with Crippen LogP contribution in [0.5, 0.6) is 0 Å². The number of nitrogens with one attached hydrogen (secondary N) is 1. The van der Waals surface area contributed by atoms with Crippen molar-refractivity contribution < 1.29 is 4.39 Å². The molecular weight excluding hydrogens is 430 g/mol. The molecule has 0 atom stereocenters. The van der Waals surface area contributed by atoms with Crippen molar-refractivity contribution in [2.24, 2.45) is 10.9 Å². The van der Waals surface area contributed by atoms with E-state index >= 15 is 0 Å². The van der Waals surface area contributed by atoms with Crippen molar-refractivity contribution in [3.8, 4) is 0 Å². The van der Waals surface area contributed by atoms with Crippen LogP contribution in [-0.4, -0.2) is 56.0 Å². The van der Waals surface area contributed by atoms with Gasteiger partial charge < -0.3 is 15.1 Å². The molecule has 0 aliphatic carbocycles. The first-order chi connectivity index (χ1) is 11.6. The summed E-state index contributed by atoms with van der Waals surface area (Å²) in [5.41, 5.74) is 1.08. The van der Waals surface area contributed by atoms with Gasteiger partial charge in [0, 0.05) is 27.2 Å². The molecule has 1 aromatic rings. The minimum atomic E-state index is -0.196. The van der Waals surface area contributed by atoms with Gasteiger partial charge in [0.05, 0.1) is 0 Å². The zero-order valence-corrected chi connectivity index (χ0v) is 18.0. The third-order valence-electron chi connectivity index (χ3n) is 4.70. The minimum Gasteiger partial charge on any atom is -0.356 e. The average molecular weight is 462 g/mol. The first-order valence-electron chi connectivity index (χ1n) is 9.01. The van der Waals surface area contributed by atoms with E-state index in [2.05, 4.69) is 27.0 Å². The first-order valence-corrected chi connectivity index (χ1v) is 9.01. The van der Waals surface area contributed by atoms with Gasteiger partial charge in [-0.15, -0.1) is 24.0 Å². The van der Waals surface area contributed by atoms with Crippen LogP contribution in [0.3, 0.4) is 0 Å². The molecular formula is C19H32FIN4. The monoisotopic (exact) mass is 462 g/mol. The van der Waals surface area contributed by atoms with E-state index in [1.54, 1.807) is 0 Å². The van der Waals surface area contributed by atoms with E-state index in [0.29, 0.717) is 5.92 Å². The summed E-state index contributed by atoms with van der Waals surface area (Å²) in [6.07, 6.45) is 3.75. The van der Waals surface area contributed by atoms with Crippen molar-refractivity contribution >= 4 is 29.9 Å². The molecule has 0 spiro atoms. The van der Waals surface area contributed by atoms with Crippen LogP contribution in [0.4, 0.5) is 4.39 Å². The van der Waals surface area contributed by atoms with Crippen molar-refractivity contribution in [1.82, 2.24) is 15.1 Å². The second kappa shape index (κ2) is 11.7. The third kappa shape index (κ3) is 7.48. The molecule has 6 heteroatoms. The SMILES string of the molecule is CCCN1CCC(CNC(=NC)N(C)Cc2ccc(F)cc2)CC1.I. The number of benzene rings is 1. The molecule has 4 nitrogen and oxygen atoms in total. The molecule has 0 bridgehead atoms. The summed E-state index contributed by atoms with van der Waals surface area (Å²) < 4.78 is 13.0. The quantitative estimate of drug-likeness (QED) is 0.399. The lowest BCUT2D eigenvalue weighted by Gasteiger charge is -2.32. The highest BCUT2D eigenvalue weighted by atomic mass is 127. The molecule has 1 saturated heterocycles. The number of piperidine rings is 1. The maximum atomic E-state index is 13.0. The molecule has 0 unspecified atom stereocenters. The van der Waals surface area contributed by atoms with E-state index in [-0.39, 0.29) is 29.8 Å². The number of hydrogen-bond donors (Lipinski definition) is 1. The zero-order valence-electron chi connectivity index (χ0n) is 15.7. The number of likely N-dealkylation sites (tertiary alicyclic amines) is 1. The molecule has 0 aromatic heterocycles. The Balaban J connectivity index is 0.00000312. The number of halogens is 2. The largest absolute Gasteiger partial charge is 0.356 e. The van der Waals surface area contributed by atoms with E-state index in [0.717, 1.165) is 24.6 Å². The predicted octanol–water partition coefficient (Wildman–Crippen LogP) is 3.57. The van der Waals surface area contributed by atoms with Gasteiger partial charge in [0.15, 0.2) is 5.96 Å². The fourth-order valence-electron chi connectivity index (χ4n) is 3.29. The molecule has 1 heterocycles. The Kier molecular flexibility index (Phi) is 10.3. The standard InChI is InChI=1S/C19H31FN4.HI/c1-4-11-24-12-9-16(10-13-24)14-22-19(21-2)23(3)15-17-5-7-18(20)8-6-17;/h5-8,16H,4,9-15H2,1-3H3,(H,21,22);1H. The predicted molar refractivity (Wildman–Crippen MR) is 114 cm³/mol. The average Bonchev–Trinajstić information content (AvgIpc) is 2.59. The van der Waals surface area contributed by atoms with Crippen LogP contribution in [0.15, 0.2) is 29.3 Å². The van der Waals surface area contributed by atoms with Gasteiger partial charge in [-0.1, -0.05) is 19.1 Å². The fraction of sp³-hybridized carbons (Fsp3) is 0.632. The molecule has 0 radical (unpaired) electrons. The lowest BCUT2D eigenvalue weighted by molar-refractivity contribution is 0.185. The maximum absolute atomic E-state index is 13.0. The molecule has 1 aromatic carbocycles. The van der Waals surface area contributed by atoms with E-state index in [9.17, 15) is 4.39 Å². The van der Waals surface area contributed by atoms with Crippen LogP contribution in [0.1, 0.15) is 31.7 Å². The van der Waals surface area contributed by atoms with Crippen molar-refractivity contribution in [2.45, 2.75) is 32.7 Å². The highest BCUT2D eigenvalue weighted by Crippen LogP contribution is 2.16. The van der Waals surface area contributed by atoms with Crippen LogP contribution in [-0.2, 0) is 6.54 Å². The number of nitrogens with zero attached hydrogens (tertiary/aromatic N) is 3. The summed E-state index contributed by atoms with van der Waals surface area (Å²) in [6.45, 7) is 7.58. The van der Waals surface area contributed by atoms with E-state index in [1.165, 1.54) is 51.0 Å². The summed E-state index contributed by atoms with van der Waals surface area (Å²) in [4.78, 5) is 9.02. The van der Waals surface area contributed by atoms with Crippen LogP contribution in [0.2, 0.25) is 0 Å². The van der Waals surface area contributed by atoms with E-state index in [1.807, 2.05) is 26.2 Å². The first kappa shape index (κ1) is 22.2. The summed E-state index contributed by atoms with van der Waals surface area (Å²) in [6, 6.07) is 6.65. The van der Waals surface area contributed by atoms with Crippen molar-refractivity contribution in [3.63, 3.8) is 0 Å². The van der Waals surface area contributed by atoms with Gasteiger partial charge in [0.2, 0.25) is 0 Å². The Morgan fingerprint density at radius 2 is 1.92 bits per heavy atom. The molecule has 142 valence electrons. The molecule has 1 N–H and O–H groups in total. The molecule has 1 fully saturated rings. The molecule has 2 rings (SSSR count). The van der Waals surface area contributed by atoms with Gasteiger partial charge in [0.1, 0.15) is 5.82 Å². The highest BCUT2D eigenvalue weighted by molar-refractivity contribution is 14.0.